The summed E-state index contributed by atoms with van der Waals surface area (Å²) in [5.74, 6) is -0.794. The topological polar surface area (TPSA) is 57.7 Å². The van der Waals surface area contributed by atoms with Crippen LogP contribution in [0.3, 0.4) is 0 Å². The second-order valence-corrected chi connectivity index (χ2v) is 5.57. The van der Waals surface area contributed by atoms with Crippen LogP contribution in [0.25, 0.3) is 0 Å². The van der Waals surface area contributed by atoms with Crippen molar-refractivity contribution < 1.29 is 14.4 Å². The fourth-order valence-corrected chi connectivity index (χ4v) is 2.40. The number of imide groups is 2. The summed E-state index contributed by atoms with van der Waals surface area (Å²) < 4.78 is 0. The number of carbonyl (C=O) groups excluding carboxylic acids is 3. The first-order valence-corrected chi connectivity index (χ1v) is 6.14. The minimum absolute atomic E-state index is 0.353. The molecule has 0 bridgehead atoms. The van der Waals surface area contributed by atoms with Crippen LogP contribution in [-0.2, 0) is 20.5 Å². The van der Waals surface area contributed by atoms with E-state index in [1.165, 1.54) is 14.1 Å². The van der Waals surface area contributed by atoms with Crippen LogP contribution in [0.2, 0.25) is 0 Å². The van der Waals surface area contributed by atoms with Crippen molar-refractivity contribution in [1.29, 1.82) is 0 Å². The summed E-state index contributed by atoms with van der Waals surface area (Å²) >= 11 is 0. The normalized spacial score (nSPS) is 19.9. The van der Waals surface area contributed by atoms with Crippen molar-refractivity contribution in [3.8, 4) is 0 Å². The summed E-state index contributed by atoms with van der Waals surface area (Å²) in [6.45, 7) is 0. The van der Waals surface area contributed by atoms with E-state index in [1.54, 1.807) is 0 Å². The molecule has 0 spiro atoms. The Morgan fingerprint density at radius 3 is 1.64 bits per heavy atom. The molecule has 6 heteroatoms. The van der Waals surface area contributed by atoms with Gasteiger partial charge in [-0.05, 0) is 0 Å². The predicted molar refractivity (Wildman–Crippen MR) is 53.9 cm³/mol. The van der Waals surface area contributed by atoms with Gasteiger partial charge in [0, 0.05) is 25.0 Å². The smallest absolute Gasteiger partial charge is 0.268 e. The molecule has 1 heterocycles. The summed E-state index contributed by atoms with van der Waals surface area (Å²) in [6, 6.07) is -0.554. The van der Waals surface area contributed by atoms with Gasteiger partial charge in [0.2, 0.25) is 0 Å². The van der Waals surface area contributed by atoms with E-state index in [0.29, 0.717) is 0 Å². The molecule has 14 heavy (non-hydrogen) atoms. The molecule has 1 fully saturated rings. The lowest BCUT2D eigenvalue weighted by Crippen LogP contribution is -2.61. The Bertz CT molecular complexity index is 279. The van der Waals surface area contributed by atoms with E-state index in [9.17, 15) is 14.4 Å². The zero-order valence-corrected chi connectivity index (χ0v) is 9.42. The quantitative estimate of drug-likeness (QED) is 0.430. The third kappa shape index (κ3) is 1.50. The van der Waals surface area contributed by atoms with Crippen molar-refractivity contribution in [3.63, 3.8) is 0 Å². The van der Waals surface area contributed by atoms with E-state index in [-0.39, 0.29) is 10.9 Å². The first-order chi connectivity index (χ1) is 6.37. The first kappa shape index (κ1) is 11.0. The molecule has 0 aromatic heterocycles. The van der Waals surface area contributed by atoms with Gasteiger partial charge in [-0.2, -0.15) is 0 Å². The lowest BCUT2D eigenvalue weighted by Gasteiger charge is -2.30. The van der Waals surface area contributed by atoms with Gasteiger partial charge in [0.25, 0.3) is 17.1 Å². The monoisotopic (exact) mass is 217 g/mol. The third-order valence-corrected chi connectivity index (χ3v) is 3.50. The average molecular weight is 217 g/mol. The fraction of sp³-hybridized carbons (Fsp3) is 0.625. The molecule has 0 N–H and O–H groups in total. The number of hydrogen-bond acceptors (Lipinski definition) is 3. The number of rotatable bonds is 1. The Hall–Kier alpha value is -1.04. The van der Waals surface area contributed by atoms with Gasteiger partial charge in [0.15, 0.2) is 0 Å². The maximum atomic E-state index is 11.6. The van der Waals surface area contributed by atoms with Gasteiger partial charge >= 0.3 is 6.03 Å². The van der Waals surface area contributed by atoms with Gasteiger partial charge in [-0.25, -0.2) is 4.79 Å². The molecule has 78 valence electrons. The van der Waals surface area contributed by atoms with E-state index in [4.69, 9.17) is 0 Å². The van der Waals surface area contributed by atoms with E-state index in [1.807, 2.05) is 12.5 Å². The Morgan fingerprint density at radius 2 is 1.36 bits per heavy atom. The number of amides is 4. The zero-order chi connectivity index (χ0) is 11.0. The summed E-state index contributed by atoms with van der Waals surface area (Å²) in [6.07, 6.45) is 3.63. The molecule has 1 rings (SSSR count). The van der Waals surface area contributed by atoms with Gasteiger partial charge < -0.3 is 0 Å². The predicted octanol–water partition coefficient (Wildman–Crippen LogP) is -0.717. The highest BCUT2D eigenvalue weighted by atomic mass is 32.2. The lowest BCUT2D eigenvalue weighted by atomic mass is 10.3. The first-order valence-electron chi connectivity index (χ1n) is 4.03. The highest BCUT2D eigenvalue weighted by molar-refractivity contribution is 7.97. The molecular formula is C8H13N2O3S+. The van der Waals surface area contributed by atoms with E-state index >= 15 is 0 Å². The Labute approximate surface area is 85.4 Å². The number of hydrogen-bond donors (Lipinski definition) is 0. The summed E-state index contributed by atoms with van der Waals surface area (Å²) in [7, 11) is 2.44. The average Bonchev–Trinajstić information content (AvgIpc) is 2.11. The molecule has 0 saturated carbocycles. The molecule has 0 aromatic rings. The summed E-state index contributed by atoms with van der Waals surface area (Å²) in [5.41, 5.74) is 0. The zero-order valence-electron chi connectivity index (χ0n) is 8.60. The molecule has 5 nitrogen and oxygen atoms in total. The van der Waals surface area contributed by atoms with Crippen LogP contribution in [0.1, 0.15) is 0 Å². The molecule has 0 aliphatic carbocycles. The van der Waals surface area contributed by atoms with Gasteiger partial charge in [-0.1, -0.05) is 0 Å². The highest BCUT2D eigenvalue weighted by Crippen LogP contribution is 2.15. The van der Waals surface area contributed by atoms with Gasteiger partial charge in [-0.15, -0.1) is 0 Å². The van der Waals surface area contributed by atoms with Crippen LogP contribution in [-0.4, -0.2) is 59.5 Å². The number of nitrogens with zero attached hydrogens (tertiary/aromatic N) is 2. The van der Waals surface area contributed by atoms with Crippen molar-refractivity contribution in [2.24, 2.45) is 0 Å². The molecule has 0 radical (unpaired) electrons. The molecule has 1 aliphatic rings. The van der Waals surface area contributed by atoms with Crippen molar-refractivity contribution in [2.45, 2.75) is 5.25 Å². The van der Waals surface area contributed by atoms with Gasteiger partial charge in [0.1, 0.15) is 0 Å². The van der Waals surface area contributed by atoms with E-state index < -0.39 is 23.1 Å². The van der Waals surface area contributed by atoms with Crippen LogP contribution in [0, 0.1) is 0 Å². The fourth-order valence-electron chi connectivity index (χ4n) is 1.27. The second kappa shape index (κ2) is 3.61. The minimum atomic E-state index is -0.692. The van der Waals surface area contributed by atoms with Crippen LogP contribution < -0.4 is 0 Å². The summed E-state index contributed by atoms with van der Waals surface area (Å²) in [5, 5.41) is -0.692. The molecule has 1 aliphatic heterocycles. The van der Waals surface area contributed by atoms with Crippen LogP contribution in [0.15, 0.2) is 0 Å². The number of urea groups is 1. The number of carbonyl (C=O) groups is 3. The molecular weight excluding hydrogens is 204 g/mol. The van der Waals surface area contributed by atoms with Crippen molar-refractivity contribution in [1.82, 2.24) is 9.80 Å². The highest BCUT2D eigenvalue weighted by Gasteiger charge is 2.49. The SMILES string of the molecule is CN1C(=O)C([S+](C)C)C(=O)N(C)C1=O. The number of barbiturate groups is 1. The van der Waals surface area contributed by atoms with E-state index in [0.717, 1.165) is 9.80 Å². The molecule has 1 saturated heterocycles. The van der Waals surface area contributed by atoms with Crippen molar-refractivity contribution in [2.75, 3.05) is 26.6 Å². The Kier molecular flexibility index (Phi) is 2.84. The van der Waals surface area contributed by atoms with Gasteiger partial charge in [0.05, 0.1) is 12.5 Å². The lowest BCUT2D eigenvalue weighted by molar-refractivity contribution is -0.139. The van der Waals surface area contributed by atoms with Gasteiger partial charge in [-0.3, -0.25) is 19.4 Å². The Balaban J connectivity index is 3.04. The van der Waals surface area contributed by atoms with Crippen LogP contribution in [0.4, 0.5) is 4.79 Å². The molecule has 0 aromatic carbocycles. The van der Waals surface area contributed by atoms with Crippen molar-refractivity contribution >= 4 is 28.7 Å². The van der Waals surface area contributed by atoms with Crippen LogP contribution >= 0.6 is 0 Å². The van der Waals surface area contributed by atoms with Crippen LogP contribution in [0.5, 0.6) is 0 Å². The minimum Gasteiger partial charge on any atom is -0.268 e. The summed E-state index contributed by atoms with van der Waals surface area (Å²) in [4.78, 5) is 36.5. The maximum absolute atomic E-state index is 11.6. The molecule has 0 atom stereocenters. The molecule has 4 amide bonds. The largest absolute Gasteiger partial charge is 0.333 e. The maximum Gasteiger partial charge on any atom is 0.333 e. The second-order valence-electron chi connectivity index (χ2n) is 3.34. The third-order valence-electron chi connectivity index (χ3n) is 2.16. The molecule has 0 unspecified atom stereocenters. The Morgan fingerprint density at radius 1 is 1.00 bits per heavy atom. The van der Waals surface area contributed by atoms with E-state index in [2.05, 4.69) is 0 Å². The van der Waals surface area contributed by atoms with Crippen molar-refractivity contribution in [3.05, 3.63) is 0 Å². The standard InChI is InChI=1S/C8H13N2O3S/c1-9-6(11)5(14(3)4)7(12)10(2)8(9)13/h5H,1-4H3/q+1.